The van der Waals surface area contributed by atoms with Crippen molar-refractivity contribution in [3.63, 3.8) is 0 Å². The van der Waals surface area contributed by atoms with Crippen molar-refractivity contribution in [1.82, 2.24) is 0 Å². The fourth-order valence-electron chi connectivity index (χ4n) is 2.15. The maximum absolute atomic E-state index is 9.56. The topological polar surface area (TPSA) is 29.5 Å². The Kier molecular flexibility index (Phi) is 1.72. The Hall–Kier alpha value is -0.760. The van der Waals surface area contributed by atoms with Crippen LogP contribution >= 0.6 is 0 Å². The second-order valence-corrected chi connectivity index (χ2v) is 3.70. The number of hydrogen-bond donors (Lipinski definition) is 1. The highest BCUT2D eigenvalue weighted by atomic mass is 16.6. The molecule has 0 amide bonds. The first-order chi connectivity index (χ1) is 5.70. The normalized spacial score (nSPS) is 39.8. The summed E-state index contributed by atoms with van der Waals surface area (Å²) in [5, 5.41) is 9.56. The van der Waals surface area contributed by atoms with Crippen molar-refractivity contribution in [2.24, 2.45) is 11.8 Å². The van der Waals surface area contributed by atoms with Crippen LogP contribution in [0.15, 0.2) is 23.5 Å². The van der Waals surface area contributed by atoms with Crippen molar-refractivity contribution in [2.45, 2.75) is 26.6 Å². The zero-order valence-corrected chi connectivity index (χ0v) is 7.45. The van der Waals surface area contributed by atoms with Crippen LogP contribution in [0.3, 0.4) is 0 Å². The summed E-state index contributed by atoms with van der Waals surface area (Å²) in [6, 6.07) is 0. The van der Waals surface area contributed by atoms with Crippen LogP contribution in [-0.2, 0) is 4.74 Å². The second kappa shape index (κ2) is 2.63. The van der Waals surface area contributed by atoms with E-state index in [2.05, 4.69) is 19.9 Å². The molecule has 66 valence electrons. The first kappa shape index (κ1) is 7.87. The molecule has 0 spiro atoms. The van der Waals surface area contributed by atoms with Gasteiger partial charge in [0.05, 0.1) is 6.26 Å². The number of rotatable bonds is 0. The van der Waals surface area contributed by atoms with Gasteiger partial charge in [-0.2, -0.15) is 0 Å². The molecule has 1 N–H and O–H groups in total. The van der Waals surface area contributed by atoms with E-state index >= 15 is 0 Å². The summed E-state index contributed by atoms with van der Waals surface area (Å²) in [6.07, 6.45) is 4.32. The molecule has 3 unspecified atom stereocenters. The Morgan fingerprint density at radius 3 is 2.83 bits per heavy atom. The minimum atomic E-state index is -0.627. The van der Waals surface area contributed by atoms with Crippen LogP contribution in [0.4, 0.5) is 0 Å². The van der Waals surface area contributed by atoms with E-state index in [-0.39, 0.29) is 5.92 Å². The predicted molar refractivity (Wildman–Crippen MR) is 46.2 cm³/mol. The number of aliphatic hydroxyl groups is 1. The van der Waals surface area contributed by atoms with E-state index in [4.69, 9.17) is 4.74 Å². The molecule has 0 aromatic heterocycles. The number of ether oxygens (including phenoxy) is 1. The fraction of sp³-hybridized carbons (Fsp3) is 0.600. The molecule has 0 aromatic rings. The lowest BCUT2D eigenvalue weighted by Crippen LogP contribution is -2.31. The van der Waals surface area contributed by atoms with Crippen molar-refractivity contribution in [3.05, 3.63) is 23.5 Å². The number of fused-ring (bicyclic) bond motifs is 1. The van der Waals surface area contributed by atoms with Gasteiger partial charge in [0.2, 0.25) is 6.29 Å². The van der Waals surface area contributed by atoms with Crippen LogP contribution in [0.5, 0.6) is 0 Å². The minimum Gasteiger partial charge on any atom is -0.472 e. The van der Waals surface area contributed by atoms with Gasteiger partial charge in [-0.3, -0.25) is 0 Å². The molecule has 3 atom stereocenters. The molecule has 2 aliphatic rings. The SMILES string of the molecule is CC1=COC(O)C2C(C)=CCC12. The van der Waals surface area contributed by atoms with Gasteiger partial charge in [-0.05, 0) is 31.8 Å². The van der Waals surface area contributed by atoms with Gasteiger partial charge in [-0.25, -0.2) is 0 Å². The van der Waals surface area contributed by atoms with Gasteiger partial charge in [0.1, 0.15) is 0 Å². The molecule has 1 aliphatic carbocycles. The Morgan fingerprint density at radius 1 is 1.42 bits per heavy atom. The molecule has 1 heterocycles. The van der Waals surface area contributed by atoms with Crippen LogP contribution in [0.2, 0.25) is 0 Å². The summed E-state index contributed by atoms with van der Waals surface area (Å²) >= 11 is 0. The van der Waals surface area contributed by atoms with Gasteiger partial charge < -0.3 is 9.84 Å². The third kappa shape index (κ3) is 0.985. The van der Waals surface area contributed by atoms with Gasteiger partial charge in [-0.15, -0.1) is 0 Å². The van der Waals surface area contributed by atoms with Gasteiger partial charge in [-0.1, -0.05) is 11.6 Å². The highest BCUT2D eigenvalue weighted by Gasteiger charge is 2.37. The zero-order valence-electron chi connectivity index (χ0n) is 7.45. The molecule has 2 heteroatoms. The van der Waals surface area contributed by atoms with Crippen molar-refractivity contribution in [1.29, 1.82) is 0 Å². The van der Waals surface area contributed by atoms with Gasteiger partial charge in [0, 0.05) is 5.92 Å². The molecule has 1 aliphatic heterocycles. The molecular weight excluding hydrogens is 152 g/mol. The lowest BCUT2D eigenvalue weighted by atomic mass is 9.85. The lowest BCUT2D eigenvalue weighted by molar-refractivity contribution is -0.102. The maximum atomic E-state index is 9.56. The molecule has 0 saturated carbocycles. The summed E-state index contributed by atoms with van der Waals surface area (Å²) in [5.74, 6) is 0.684. The minimum absolute atomic E-state index is 0.204. The average Bonchev–Trinajstić information content (AvgIpc) is 2.42. The Balaban J connectivity index is 2.29. The summed E-state index contributed by atoms with van der Waals surface area (Å²) in [4.78, 5) is 0. The quantitative estimate of drug-likeness (QED) is 0.556. The van der Waals surface area contributed by atoms with Gasteiger partial charge in [0.25, 0.3) is 0 Å². The van der Waals surface area contributed by atoms with Crippen molar-refractivity contribution in [3.8, 4) is 0 Å². The third-order valence-electron chi connectivity index (χ3n) is 2.94. The monoisotopic (exact) mass is 166 g/mol. The molecule has 0 bridgehead atoms. The van der Waals surface area contributed by atoms with E-state index in [0.717, 1.165) is 6.42 Å². The van der Waals surface area contributed by atoms with Gasteiger partial charge >= 0.3 is 0 Å². The van der Waals surface area contributed by atoms with Crippen molar-refractivity contribution < 1.29 is 9.84 Å². The molecule has 0 aromatic carbocycles. The van der Waals surface area contributed by atoms with Crippen molar-refractivity contribution >= 4 is 0 Å². The van der Waals surface area contributed by atoms with E-state index in [9.17, 15) is 5.11 Å². The van der Waals surface area contributed by atoms with E-state index in [1.807, 2.05) is 0 Å². The third-order valence-corrected chi connectivity index (χ3v) is 2.94. The Bertz CT molecular complexity index is 253. The lowest BCUT2D eigenvalue weighted by Gasteiger charge is -2.31. The van der Waals surface area contributed by atoms with Crippen LogP contribution in [-0.4, -0.2) is 11.4 Å². The van der Waals surface area contributed by atoms with E-state index in [1.165, 1.54) is 11.1 Å². The summed E-state index contributed by atoms with van der Waals surface area (Å²) < 4.78 is 5.13. The van der Waals surface area contributed by atoms with E-state index < -0.39 is 6.29 Å². The van der Waals surface area contributed by atoms with E-state index in [1.54, 1.807) is 6.26 Å². The van der Waals surface area contributed by atoms with E-state index in [0.29, 0.717) is 5.92 Å². The van der Waals surface area contributed by atoms with Crippen LogP contribution in [0, 0.1) is 11.8 Å². The number of aliphatic hydroxyl groups excluding tert-OH is 1. The summed E-state index contributed by atoms with van der Waals surface area (Å²) in [5.41, 5.74) is 2.51. The average molecular weight is 166 g/mol. The van der Waals surface area contributed by atoms with Crippen molar-refractivity contribution in [2.75, 3.05) is 0 Å². The van der Waals surface area contributed by atoms with Crippen LogP contribution < -0.4 is 0 Å². The molecule has 2 rings (SSSR count). The summed E-state index contributed by atoms with van der Waals surface area (Å²) in [6.45, 7) is 4.13. The highest BCUT2D eigenvalue weighted by molar-refractivity contribution is 5.23. The van der Waals surface area contributed by atoms with Crippen LogP contribution in [0.1, 0.15) is 20.3 Å². The molecule has 12 heavy (non-hydrogen) atoms. The van der Waals surface area contributed by atoms with Crippen LogP contribution in [0.25, 0.3) is 0 Å². The molecule has 0 fully saturated rings. The zero-order chi connectivity index (χ0) is 8.72. The standard InChI is InChI=1S/C10H14O2/c1-6-3-4-8-7(2)5-12-10(11)9(6)8/h3,5,8-11H,4H2,1-2H3. The predicted octanol–water partition coefficient (Wildman–Crippen LogP) is 1.82. The van der Waals surface area contributed by atoms with Gasteiger partial charge in [0.15, 0.2) is 0 Å². The second-order valence-electron chi connectivity index (χ2n) is 3.70. The Labute approximate surface area is 72.5 Å². The maximum Gasteiger partial charge on any atom is 0.203 e. The molecule has 2 nitrogen and oxygen atoms in total. The molecule has 0 radical (unpaired) electrons. The summed E-state index contributed by atoms with van der Waals surface area (Å²) in [7, 11) is 0. The fourth-order valence-corrected chi connectivity index (χ4v) is 2.15. The number of hydrogen-bond acceptors (Lipinski definition) is 2. The number of allylic oxidation sites excluding steroid dienone is 2. The smallest absolute Gasteiger partial charge is 0.203 e. The Morgan fingerprint density at radius 2 is 2.17 bits per heavy atom. The largest absolute Gasteiger partial charge is 0.472 e. The molecule has 0 saturated heterocycles. The highest BCUT2D eigenvalue weighted by Crippen LogP contribution is 2.41. The molecular formula is C10H14O2. The first-order valence-corrected chi connectivity index (χ1v) is 4.37. The first-order valence-electron chi connectivity index (χ1n) is 4.37.